The second-order valence-electron chi connectivity index (χ2n) is 6.98. The number of hydrogen-bond donors (Lipinski definition) is 1. The Hall–Kier alpha value is -4.01. The average molecular weight is 399 g/mol. The second-order valence-corrected chi connectivity index (χ2v) is 6.98. The highest BCUT2D eigenvalue weighted by Gasteiger charge is 2.26. The first-order valence-electron chi connectivity index (χ1n) is 9.59. The summed E-state index contributed by atoms with van der Waals surface area (Å²) in [6.07, 6.45) is 7.68. The topological polar surface area (TPSA) is 116 Å². The molecule has 1 aliphatic heterocycles. The molecule has 5 rings (SSSR count). The summed E-state index contributed by atoms with van der Waals surface area (Å²) in [6, 6.07) is 8.10. The van der Waals surface area contributed by atoms with Gasteiger partial charge in [0.05, 0.1) is 22.9 Å². The molecule has 1 atom stereocenters. The van der Waals surface area contributed by atoms with Gasteiger partial charge in [0.1, 0.15) is 17.8 Å². The minimum Gasteiger partial charge on any atom is -0.341 e. The molecule has 4 aromatic rings. The SMILES string of the molecule is O=C(NC1CCCn2c1nc(-c1ccncn1)cc2=O)c1nccc2ncccc12. The highest BCUT2D eigenvalue weighted by atomic mass is 16.2. The summed E-state index contributed by atoms with van der Waals surface area (Å²) in [6.45, 7) is 0.564. The lowest BCUT2D eigenvalue weighted by molar-refractivity contribution is 0.0924. The zero-order valence-electron chi connectivity index (χ0n) is 15.9. The molecule has 30 heavy (non-hydrogen) atoms. The number of nitrogens with one attached hydrogen (secondary N) is 1. The number of nitrogens with zero attached hydrogens (tertiary/aromatic N) is 6. The molecule has 0 spiro atoms. The standard InChI is InChI=1S/C21H17N7O2/c29-18-11-17(15-5-8-22-12-25-15)26-20-16(4-2-10-28(18)20)27-21(30)19-13-3-1-7-23-14(13)6-9-24-19/h1,3,5-9,11-12,16H,2,4,10H2,(H,27,30). The Bertz CT molecular complexity index is 1300. The van der Waals surface area contributed by atoms with Crippen LogP contribution in [-0.2, 0) is 6.54 Å². The highest BCUT2D eigenvalue weighted by Crippen LogP contribution is 2.25. The molecule has 1 aliphatic rings. The van der Waals surface area contributed by atoms with E-state index in [9.17, 15) is 9.59 Å². The summed E-state index contributed by atoms with van der Waals surface area (Å²) in [7, 11) is 0. The van der Waals surface area contributed by atoms with Crippen LogP contribution in [0.2, 0.25) is 0 Å². The van der Waals surface area contributed by atoms with E-state index in [1.54, 1.807) is 41.4 Å². The Labute approximate surface area is 170 Å². The van der Waals surface area contributed by atoms with E-state index in [2.05, 4.69) is 30.2 Å². The van der Waals surface area contributed by atoms with Crippen LogP contribution in [-0.4, -0.2) is 35.4 Å². The minimum absolute atomic E-state index is 0.167. The predicted octanol–water partition coefficient (Wildman–Crippen LogP) is 1.91. The molecular formula is C21H17N7O2. The Morgan fingerprint density at radius 3 is 2.87 bits per heavy atom. The fourth-order valence-electron chi connectivity index (χ4n) is 3.72. The van der Waals surface area contributed by atoms with Crippen molar-refractivity contribution >= 4 is 16.8 Å². The molecular weight excluding hydrogens is 382 g/mol. The molecule has 0 radical (unpaired) electrons. The number of carbonyl (C=O) groups excluding carboxylic acids is 1. The van der Waals surface area contributed by atoms with Gasteiger partial charge in [-0.1, -0.05) is 0 Å². The van der Waals surface area contributed by atoms with Crippen LogP contribution in [0.4, 0.5) is 0 Å². The third kappa shape index (κ3) is 3.20. The van der Waals surface area contributed by atoms with Crippen molar-refractivity contribution in [3.8, 4) is 11.4 Å². The number of rotatable bonds is 3. The number of hydrogen-bond acceptors (Lipinski definition) is 7. The largest absolute Gasteiger partial charge is 0.341 e. The lowest BCUT2D eigenvalue weighted by Crippen LogP contribution is -2.38. The zero-order valence-corrected chi connectivity index (χ0v) is 15.9. The Morgan fingerprint density at radius 2 is 2.00 bits per heavy atom. The molecule has 9 heteroatoms. The molecule has 9 nitrogen and oxygen atoms in total. The Kier molecular flexibility index (Phi) is 4.47. The maximum atomic E-state index is 13.0. The molecule has 1 unspecified atom stereocenters. The van der Waals surface area contributed by atoms with Crippen molar-refractivity contribution in [2.75, 3.05) is 0 Å². The van der Waals surface area contributed by atoms with Crippen LogP contribution in [0.3, 0.4) is 0 Å². The summed E-state index contributed by atoms with van der Waals surface area (Å²) in [5.74, 6) is 0.197. The molecule has 0 fully saturated rings. The fraction of sp³-hybridized carbons (Fsp3) is 0.190. The molecule has 1 N–H and O–H groups in total. The van der Waals surface area contributed by atoms with Gasteiger partial charge in [-0.05, 0) is 37.1 Å². The van der Waals surface area contributed by atoms with Crippen molar-refractivity contribution < 1.29 is 4.79 Å². The van der Waals surface area contributed by atoms with Gasteiger partial charge in [0.15, 0.2) is 0 Å². The fourth-order valence-corrected chi connectivity index (χ4v) is 3.72. The molecule has 0 aromatic carbocycles. The van der Waals surface area contributed by atoms with Crippen LogP contribution >= 0.6 is 0 Å². The summed E-state index contributed by atoms with van der Waals surface area (Å²) >= 11 is 0. The molecule has 0 aliphatic carbocycles. The van der Waals surface area contributed by atoms with Crippen molar-refractivity contribution in [3.05, 3.63) is 77.1 Å². The lowest BCUT2D eigenvalue weighted by Gasteiger charge is -2.26. The smallest absolute Gasteiger partial charge is 0.271 e. The van der Waals surface area contributed by atoms with Crippen molar-refractivity contribution in [1.29, 1.82) is 0 Å². The van der Waals surface area contributed by atoms with E-state index in [0.29, 0.717) is 46.8 Å². The highest BCUT2D eigenvalue weighted by molar-refractivity contribution is 6.04. The molecule has 1 amide bonds. The third-order valence-electron chi connectivity index (χ3n) is 5.12. The summed E-state index contributed by atoms with van der Waals surface area (Å²) in [4.78, 5) is 47.0. The van der Waals surface area contributed by atoms with E-state index in [-0.39, 0.29) is 11.5 Å². The van der Waals surface area contributed by atoms with Gasteiger partial charge in [-0.2, -0.15) is 0 Å². The number of amides is 1. The maximum Gasteiger partial charge on any atom is 0.271 e. The van der Waals surface area contributed by atoms with Crippen LogP contribution in [0.1, 0.15) is 35.2 Å². The minimum atomic E-state index is -0.408. The van der Waals surface area contributed by atoms with E-state index in [0.717, 1.165) is 6.42 Å². The van der Waals surface area contributed by atoms with E-state index >= 15 is 0 Å². The average Bonchev–Trinajstić information content (AvgIpc) is 2.79. The van der Waals surface area contributed by atoms with Crippen LogP contribution in [0.25, 0.3) is 22.3 Å². The van der Waals surface area contributed by atoms with Crippen molar-refractivity contribution in [3.63, 3.8) is 0 Å². The quantitative estimate of drug-likeness (QED) is 0.559. The molecule has 4 aromatic heterocycles. The van der Waals surface area contributed by atoms with Gasteiger partial charge >= 0.3 is 0 Å². The van der Waals surface area contributed by atoms with E-state index in [4.69, 9.17) is 0 Å². The van der Waals surface area contributed by atoms with Crippen LogP contribution in [0.5, 0.6) is 0 Å². The molecule has 0 saturated heterocycles. The van der Waals surface area contributed by atoms with Crippen LogP contribution < -0.4 is 10.9 Å². The molecule has 148 valence electrons. The van der Waals surface area contributed by atoms with Gasteiger partial charge in [0.25, 0.3) is 11.5 Å². The van der Waals surface area contributed by atoms with Gasteiger partial charge in [-0.3, -0.25) is 24.1 Å². The Balaban J connectivity index is 1.52. The number of pyridine rings is 2. The molecule has 0 saturated carbocycles. The maximum absolute atomic E-state index is 13.0. The van der Waals surface area contributed by atoms with Crippen molar-refractivity contribution in [2.45, 2.75) is 25.4 Å². The van der Waals surface area contributed by atoms with E-state index in [1.807, 2.05) is 6.07 Å². The van der Waals surface area contributed by atoms with Gasteiger partial charge in [0, 0.05) is 36.6 Å². The zero-order chi connectivity index (χ0) is 20.5. The third-order valence-corrected chi connectivity index (χ3v) is 5.12. The van der Waals surface area contributed by atoms with Gasteiger partial charge < -0.3 is 5.32 Å². The second kappa shape index (κ2) is 7.43. The van der Waals surface area contributed by atoms with Gasteiger partial charge in [-0.25, -0.2) is 15.0 Å². The first kappa shape index (κ1) is 18.0. The summed E-state index contributed by atoms with van der Waals surface area (Å²) in [5, 5.41) is 3.68. The Morgan fingerprint density at radius 1 is 1.07 bits per heavy atom. The van der Waals surface area contributed by atoms with Crippen LogP contribution in [0.15, 0.2) is 60.0 Å². The first-order valence-corrected chi connectivity index (χ1v) is 9.59. The number of carbonyl (C=O) groups is 1. The first-order chi connectivity index (χ1) is 14.7. The summed E-state index contributed by atoms with van der Waals surface area (Å²) < 4.78 is 1.61. The normalized spacial score (nSPS) is 15.5. The van der Waals surface area contributed by atoms with Crippen molar-refractivity contribution in [1.82, 2.24) is 34.8 Å². The lowest BCUT2D eigenvalue weighted by atomic mass is 10.0. The molecule has 0 bridgehead atoms. The number of fused-ring (bicyclic) bond motifs is 2. The van der Waals surface area contributed by atoms with E-state index in [1.165, 1.54) is 12.4 Å². The molecule has 5 heterocycles. The number of aromatic nitrogens is 6. The van der Waals surface area contributed by atoms with Gasteiger partial charge in [-0.15, -0.1) is 0 Å². The summed E-state index contributed by atoms with van der Waals surface area (Å²) in [5.41, 5.74) is 1.85. The van der Waals surface area contributed by atoms with E-state index < -0.39 is 6.04 Å². The monoisotopic (exact) mass is 399 g/mol. The van der Waals surface area contributed by atoms with Crippen LogP contribution in [0, 0.1) is 0 Å². The predicted molar refractivity (Wildman–Crippen MR) is 109 cm³/mol. The van der Waals surface area contributed by atoms with Crippen molar-refractivity contribution in [2.24, 2.45) is 0 Å². The van der Waals surface area contributed by atoms with Gasteiger partial charge in [0.2, 0.25) is 0 Å².